The number of aryl methyl sites for hydroxylation is 1. The number of aromatic nitrogens is 2. The Balaban J connectivity index is 2.42. The van der Waals surface area contributed by atoms with E-state index in [4.69, 9.17) is 0 Å². The van der Waals surface area contributed by atoms with Crippen molar-refractivity contribution in [3.05, 3.63) is 22.8 Å². The van der Waals surface area contributed by atoms with Crippen LogP contribution in [0.25, 0.3) is 0 Å². The van der Waals surface area contributed by atoms with Crippen molar-refractivity contribution in [2.24, 2.45) is 0 Å². The maximum absolute atomic E-state index is 11.3. The average Bonchev–Trinajstić information content (AvgIpc) is 2.25. The largest absolute Gasteiger partial charge is 0.311 e. The van der Waals surface area contributed by atoms with Crippen molar-refractivity contribution in [1.29, 1.82) is 0 Å². The first-order chi connectivity index (χ1) is 7.99. The van der Waals surface area contributed by atoms with E-state index >= 15 is 0 Å². The molecule has 0 atom stereocenters. The Hall–Kier alpha value is -1.01. The molecule has 5 nitrogen and oxygen atoms in total. The van der Waals surface area contributed by atoms with Crippen LogP contribution in [0.5, 0.6) is 0 Å². The van der Waals surface area contributed by atoms with Gasteiger partial charge in [-0.25, -0.2) is 18.4 Å². The Labute approximate surface area is 102 Å². The van der Waals surface area contributed by atoms with Crippen LogP contribution in [0, 0.1) is 0 Å². The van der Waals surface area contributed by atoms with Gasteiger partial charge in [0.2, 0.25) is 0 Å². The first kappa shape index (κ1) is 12.4. The SMILES string of the molecule is CCc1nc(CS(C)(=O)=O)nc2c1CCNC2. The molecule has 0 fully saturated rings. The summed E-state index contributed by atoms with van der Waals surface area (Å²) in [5.41, 5.74) is 3.15. The third-order valence-electron chi connectivity index (χ3n) is 2.80. The Bertz CT molecular complexity index is 509. The molecular weight excluding hydrogens is 238 g/mol. The van der Waals surface area contributed by atoms with Gasteiger partial charge in [-0.2, -0.15) is 0 Å². The van der Waals surface area contributed by atoms with E-state index in [1.54, 1.807) is 0 Å². The molecule has 0 unspecified atom stereocenters. The predicted octanol–water partition coefficient (Wildman–Crippen LogP) is 0.229. The van der Waals surface area contributed by atoms with Gasteiger partial charge in [-0.1, -0.05) is 6.92 Å². The lowest BCUT2D eigenvalue weighted by Gasteiger charge is -2.19. The summed E-state index contributed by atoms with van der Waals surface area (Å²) in [6.45, 7) is 3.69. The zero-order chi connectivity index (χ0) is 12.5. The second-order valence-electron chi connectivity index (χ2n) is 4.36. The van der Waals surface area contributed by atoms with Gasteiger partial charge in [0.25, 0.3) is 0 Å². The van der Waals surface area contributed by atoms with Crippen LogP contribution in [-0.2, 0) is 35.0 Å². The van der Waals surface area contributed by atoms with Crippen LogP contribution in [0.2, 0.25) is 0 Å². The van der Waals surface area contributed by atoms with E-state index in [-0.39, 0.29) is 5.75 Å². The number of rotatable bonds is 3. The van der Waals surface area contributed by atoms with E-state index in [2.05, 4.69) is 15.3 Å². The third kappa shape index (κ3) is 3.01. The lowest BCUT2D eigenvalue weighted by molar-refractivity contribution is 0.594. The molecule has 0 bridgehead atoms. The standard InChI is InChI=1S/C11H17N3O2S/c1-3-9-8-4-5-12-6-10(8)14-11(13-9)7-17(2,15)16/h12H,3-7H2,1-2H3. The minimum Gasteiger partial charge on any atom is -0.311 e. The normalized spacial score (nSPS) is 15.6. The number of hydrogen-bond donors (Lipinski definition) is 1. The minimum absolute atomic E-state index is 0.0761. The van der Waals surface area contributed by atoms with Crippen LogP contribution in [-0.4, -0.2) is 31.2 Å². The zero-order valence-electron chi connectivity index (χ0n) is 10.2. The van der Waals surface area contributed by atoms with E-state index in [9.17, 15) is 8.42 Å². The highest BCUT2D eigenvalue weighted by molar-refractivity contribution is 7.89. The highest BCUT2D eigenvalue weighted by Gasteiger charge is 2.18. The number of fused-ring (bicyclic) bond motifs is 1. The molecule has 1 aliphatic heterocycles. The van der Waals surface area contributed by atoms with Gasteiger partial charge in [0.15, 0.2) is 9.84 Å². The van der Waals surface area contributed by atoms with Crippen LogP contribution in [0.15, 0.2) is 0 Å². The third-order valence-corrected chi connectivity index (χ3v) is 3.58. The van der Waals surface area contributed by atoms with Crippen molar-refractivity contribution >= 4 is 9.84 Å². The van der Waals surface area contributed by atoms with E-state index < -0.39 is 9.84 Å². The number of nitrogens with zero attached hydrogens (tertiary/aromatic N) is 2. The van der Waals surface area contributed by atoms with E-state index in [1.807, 2.05) is 6.92 Å². The van der Waals surface area contributed by atoms with E-state index in [1.165, 1.54) is 11.8 Å². The Morgan fingerprint density at radius 1 is 1.35 bits per heavy atom. The Morgan fingerprint density at radius 3 is 2.76 bits per heavy atom. The van der Waals surface area contributed by atoms with Gasteiger partial charge in [-0.05, 0) is 24.9 Å². The predicted molar refractivity (Wildman–Crippen MR) is 65.4 cm³/mol. The van der Waals surface area contributed by atoms with Gasteiger partial charge in [0.1, 0.15) is 11.6 Å². The topological polar surface area (TPSA) is 72.0 Å². The highest BCUT2D eigenvalue weighted by atomic mass is 32.2. The summed E-state index contributed by atoms with van der Waals surface area (Å²) in [5, 5.41) is 3.24. The monoisotopic (exact) mass is 255 g/mol. The molecule has 6 heteroatoms. The van der Waals surface area contributed by atoms with Gasteiger partial charge in [0.05, 0.1) is 5.69 Å². The molecule has 0 radical (unpaired) electrons. The summed E-state index contributed by atoms with van der Waals surface area (Å²) in [5.74, 6) is 0.347. The second kappa shape index (κ2) is 4.70. The molecule has 1 aromatic rings. The number of hydrogen-bond acceptors (Lipinski definition) is 5. The van der Waals surface area contributed by atoms with Gasteiger partial charge >= 0.3 is 0 Å². The quantitative estimate of drug-likeness (QED) is 0.837. The molecule has 17 heavy (non-hydrogen) atoms. The molecule has 0 saturated heterocycles. The van der Waals surface area contributed by atoms with Crippen molar-refractivity contribution < 1.29 is 8.42 Å². The van der Waals surface area contributed by atoms with E-state index in [0.717, 1.165) is 30.8 Å². The average molecular weight is 255 g/mol. The van der Waals surface area contributed by atoms with Crippen molar-refractivity contribution in [2.75, 3.05) is 12.8 Å². The first-order valence-corrected chi connectivity index (χ1v) is 7.81. The summed E-state index contributed by atoms with van der Waals surface area (Å²) in [4.78, 5) is 8.73. The molecule has 0 amide bonds. The molecule has 1 aliphatic rings. The van der Waals surface area contributed by atoms with Gasteiger partial charge in [-0.3, -0.25) is 0 Å². The second-order valence-corrected chi connectivity index (χ2v) is 6.50. The number of nitrogens with one attached hydrogen (secondary N) is 1. The zero-order valence-corrected chi connectivity index (χ0v) is 11.0. The molecule has 0 aromatic carbocycles. The Kier molecular flexibility index (Phi) is 3.44. The van der Waals surface area contributed by atoms with Crippen molar-refractivity contribution in [3.63, 3.8) is 0 Å². The maximum atomic E-state index is 11.3. The summed E-state index contributed by atoms with van der Waals surface area (Å²) in [6.07, 6.45) is 2.96. The molecule has 0 aliphatic carbocycles. The summed E-state index contributed by atoms with van der Waals surface area (Å²) >= 11 is 0. The summed E-state index contributed by atoms with van der Waals surface area (Å²) in [7, 11) is -3.07. The molecule has 94 valence electrons. The first-order valence-electron chi connectivity index (χ1n) is 5.75. The molecular formula is C11H17N3O2S. The summed E-state index contributed by atoms with van der Waals surface area (Å²) in [6, 6.07) is 0. The van der Waals surface area contributed by atoms with Crippen molar-refractivity contribution in [3.8, 4) is 0 Å². The van der Waals surface area contributed by atoms with Gasteiger partial charge in [-0.15, -0.1) is 0 Å². The smallest absolute Gasteiger partial charge is 0.154 e. The fourth-order valence-corrected chi connectivity index (χ4v) is 2.68. The number of sulfone groups is 1. The molecule has 2 rings (SSSR count). The van der Waals surface area contributed by atoms with Crippen molar-refractivity contribution in [1.82, 2.24) is 15.3 Å². The van der Waals surface area contributed by atoms with Crippen LogP contribution in [0.4, 0.5) is 0 Å². The fourth-order valence-electron chi connectivity index (χ4n) is 2.08. The molecule has 1 N–H and O–H groups in total. The molecule has 0 saturated carbocycles. The molecule has 2 heterocycles. The lowest BCUT2D eigenvalue weighted by Crippen LogP contribution is -2.27. The van der Waals surface area contributed by atoms with Crippen LogP contribution in [0.3, 0.4) is 0 Å². The van der Waals surface area contributed by atoms with Crippen LogP contribution >= 0.6 is 0 Å². The fraction of sp³-hybridized carbons (Fsp3) is 0.636. The van der Waals surface area contributed by atoms with Crippen molar-refractivity contribution in [2.45, 2.75) is 32.1 Å². The maximum Gasteiger partial charge on any atom is 0.154 e. The molecule has 0 spiro atoms. The van der Waals surface area contributed by atoms with Crippen LogP contribution < -0.4 is 5.32 Å². The van der Waals surface area contributed by atoms with Gasteiger partial charge < -0.3 is 5.32 Å². The van der Waals surface area contributed by atoms with Gasteiger partial charge in [0, 0.05) is 18.5 Å². The van der Waals surface area contributed by atoms with E-state index in [0.29, 0.717) is 12.4 Å². The van der Waals surface area contributed by atoms with Crippen LogP contribution in [0.1, 0.15) is 29.7 Å². The highest BCUT2D eigenvalue weighted by Crippen LogP contribution is 2.17. The summed E-state index contributed by atoms with van der Waals surface area (Å²) < 4.78 is 22.5. The Morgan fingerprint density at radius 2 is 2.12 bits per heavy atom. The minimum atomic E-state index is -3.07. The lowest BCUT2D eigenvalue weighted by atomic mass is 10.0. The molecule has 1 aromatic heterocycles.